The minimum Gasteiger partial charge on any atom is -0.399 e. The van der Waals surface area contributed by atoms with Crippen LogP contribution in [0.1, 0.15) is 30.1 Å². The van der Waals surface area contributed by atoms with Gasteiger partial charge >= 0.3 is 0 Å². The number of ether oxygens (including phenoxy) is 1. The van der Waals surface area contributed by atoms with Crippen LogP contribution in [-0.4, -0.2) is 43.0 Å². The highest BCUT2D eigenvalue weighted by molar-refractivity contribution is 5.83. The molecule has 26 heavy (non-hydrogen) atoms. The Labute approximate surface area is 153 Å². The molecular formula is C20H24N4O2. The standard InChI is InChI=1S/C20H24N4O2/c1-23(2)19(25)18-15-5-3-4-6-16(15)20(26-18)8-11-24(12-9-20)17-13-14(21)7-10-22-17/h3-7,10,13,18H,8-9,11-12H2,1-2H3,(H2,21,22)/t18-/m1/s1. The largest absolute Gasteiger partial charge is 0.399 e. The average molecular weight is 352 g/mol. The molecule has 0 unspecified atom stereocenters. The van der Waals surface area contributed by atoms with Crippen molar-refractivity contribution in [2.45, 2.75) is 24.5 Å². The smallest absolute Gasteiger partial charge is 0.255 e. The number of carbonyl (C=O) groups excluding carboxylic acids is 1. The Morgan fingerprint density at radius 3 is 2.69 bits per heavy atom. The van der Waals surface area contributed by atoms with E-state index in [1.165, 1.54) is 0 Å². The number of rotatable bonds is 2. The Morgan fingerprint density at radius 2 is 2.00 bits per heavy atom. The highest BCUT2D eigenvalue weighted by Crippen LogP contribution is 2.49. The van der Waals surface area contributed by atoms with E-state index in [0.717, 1.165) is 48.6 Å². The molecule has 6 heteroatoms. The molecule has 2 N–H and O–H groups in total. The van der Waals surface area contributed by atoms with Crippen molar-refractivity contribution in [3.8, 4) is 0 Å². The molecular weight excluding hydrogens is 328 g/mol. The van der Waals surface area contributed by atoms with Crippen molar-refractivity contribution in [3.63, 3.8) is 0 Å². The van der Waals surface area contributed by atoms with Gasteiger partial charge in [0.05, 0.1) is 5.60 Å². The molecule has 1 saturated heterocycles. The number of amides is 1. The van der Waals surface area contributed by atoms with E-state index >= 15 is 0 Å². The molecule has 0 saturated carbocycles. The van der Waals surface area contributed by atoms with Crippen LogP contribution in [0.3, 0.4) is 0 Å². The molecule has 1 fully saturated rings. The second kappa shape index (κ2) is 6.29. The molecule has 0 bridgehead atoms. The van der Waals surface area contributed by atoms with E-state index in [-0.39, 0.29) is 5.91 Å². The number of nitrogen functional groups attached to an aromatic ring is 1. The number of benzene rings is 1. The quantitative estimate of drug-likeness (QED) is 0.898. The molecule has 0 radical (unpaired) electrons. The fourth-order valence-corrected chi connectivity index (χ4v) is 4.00. The Kier molecular flexibility index (Phi) is 4.07. The van der Waals surface area contributed by atoms with Gasteiger partial charge in [-0.25, -0.2) is 4.98 Å². The van der Waals surface area contributed by atoms with Gasteiger partial charge in [0, 0.05) is 45.1 Å². The van der Waals surface area contributed by atoms with Gasteiger partial charge in [0.25, 0.3) is 5.91 Å². The van der Waals surface area contributed by atoms with Crippen molar-refractivity contribution in [1.29, 1.82) is 0 Å². The van der Waals surface area contributed by atoms with Gasteiger partial charge in [0.15, 0.2) is 6.10 Å². The van der Waals surface area contributed by atoms with E-state index in [2.05, 4.69) is 16.0 Å². The Hall–Kier alpha value is -2.60. The number of aromatic nitrogens is 1. The van der Waals surface area contributed by atoms with Crippen LogP contribution in [0.2, 0.25) is 0 Å². The number of nitrogens with two attached hydrogens (primary N) is 1. The molecule has 3 heterocycles. The average Bonchev–Trinajstić information content (AvgIpc) is 2.96. The molecule has 2 aliphatic heterocycles. The number of nitrogens with zero attached hydrogens (tertiary/aromatic N) is 3. The van der Waals surface area contributed by atoms with E-state index in [9.17, 15) is 4.79 Å². The molecule has 4 rings (SSSR count). The first kappa shape index (κ1) is 16.8. The summed E-state index contributed by atoms with van der Waals surface area (Å²) in [5, 5.41) is 0. The number of hydrogen-bond donors (Lipinski definition) is 1. The van der Waals surface area contributed by atoms with E-state index in [0.29, 0.717) is 0 Å². The Balaban J connectivity index is 1.60. The second-order valence-corrected chi connectivity index (χ2v) is 7.25. The summed E-state index contributed by atoms with van der Waals surface area (Å²) in [5.74, 6) is 0.890. The predicted octanol–water partition coefficient (Wildman–Crippen LogP) is 2.32. The normalized spacial score (nSPS) is 20.8. The van der Waals surface area contributed by atoms with Gasteiger partial charge in [-0.2, -0.15) is 0 Å². The molecule has 1 amide bonds. The van der Waals surface area contributed by atoms with Gasteiger partial charge in [-0.05, 0) is 30.0 Å². The Morgan fingerprint density at radius 1 is 1.27 bits per heavy atom. The van der Waals surface area contributed by atoms with Crippen molar-refractivity contribution >= 4 is 17.4 Å². The number of likely N-dealkylation sites (N-methyl/N-ethyl adjacent to an activating group) is 1. The van der Waals surface area contributed by atoms with Crippen molar-refractivity contribution < 1.29 is 9.53 Å². The van der Waals surface area contributed by atoms with E-state index in [4.69, 9.17) is 10.5 Å². The fraction of sp³-hybridized carbons (Fsp3) is 0.400. The third kappa shape index (κ3) is 2.70. The molecule has 2 aromatic rings. The number of hydrogen-bond acceptors (Lipinski definition) is 5. The second-order valence-electron chi connectivity index (χ2n) is 7.25. The maximum Gasteiger partial charge on any atom is 0.255 e. The summed E-state index contributed by atoms with van der Waals surface area (Å²) in [7, 11) is 3.54. The zero-order valence-corrected chi connectivity index (χ0v) is 15.2. The highest BCUT2D eigenvalue weighted by atomic mass is 16.5. The van der Waals surface area contributed by atoms with Crippen LogP contribution in [-0.2, 0) is 15.1 Å². The predicted molar refractivity (Wildman–Crippen MR) is 101 cm³/mol. The van der Waals surface area contributed by atoms with Crippen molar-refractivity contribution in [2.75, 3.05) is 37.8 Å². The van der Waals surface area contributed by atoms with Crippen LogP contribution in [0.4, 0.5) is 11.5 Å². The van der Waals surface area contributed by atoms with Gasteiger partial charge in [0.2, 0.25) is 0 Å². The summed E-state index contributed by atoms with van der Waals surface area (Å²) in [5.41, 5.74) is 8.36. The maximum atomic E-state index is 12.6. The molecule has 1 aromatic heterocycles. The molecule has 1 aromatic carbocycles. The van der Waals surface area contributed by atoms with Crippen molar-refractivity contribution in [2.24, 2.45) is 0 Å². The minimum atomic E-state index is -0.516. The highest BCUT2D eigenvalue weighted by Gasteiger charge is 2.49. The van der Waals surface area contributed by atoms with Gasteiger partial charge in [0.1, 0.15) is 5.82 Å². The SMILES string of the molecule is CN(C)C(=O)[C@@H]1OC2(CCN(c3cc(N)ccn3)CC2)c2ccccc21. The summed E-state index contributed by atoms with van der Waals surface area (Å²) in [6, 6.07) is 11.8. The summed E-state index contributed by atoms with van der Waals surface area (Å²) in [6.07, 6.45) is 2.86. The number of piperidine rings is 1. The Bertz CT molecular complexity index is 828. The lowest BCUT2D eigenvalue weighted by atomic mass is 9.83. The number of pyridine rings is 1. The first-order chi connectivity index (χ1) is 12.5. The van der Waals surface area contributed by atoms with Crippen LogP contribution < -0.4 is 10.6 Å². The van der Waals surface area contributed by atoms with E-state index < -0.39 is 11.7 Å². The van der Waals surface area contributed by atoms with Crippen LogP contribution in [0.25, 0.3) is 0 Å². The number of anilines is 2. The van der Waals surface area contributed by atoms with Crippen LogP contribution in [0.15, 0.2) is 42.6 Å². The van der Waals surface area contributed by atoms with Crippen molar-refractivity contribution in [3.05, 3.63) is 53.7 Å². The molecule has 1 spiro atoms. The maximum absolute atomic E-state index is 12.6. The molecule has 136 valence electrons. The molecule has 6 nitrogen and oxygen atoms in total. The van der Waals surface area contributed by atoms with Crippen molar-refractivity contribution in [1.82, 2.24) is 9.88 Å². The lowest BCUT2D eigenvalue weighted by Crippen LogP contribution is -2.43. The molecule has 2 aliphatic rings. The number of carbonyl (C=O) groups is 1. The third-order valence-electron chi connectivity index (χ3n) is 5.41. The van der Waals surface area contributed by atoms with Crippen LogP contribution in [0, 0.1) is 0 Å². The zero-order valence-electron chi connectivity index (χ0n) is 15.2. The van der Waals surface area contributed by atoms with E-state index in [1.807, 2.05) is 24.3 Å². The zero-order chi connectivity index (χ0) is 18.3. The van der Waals surface area contributed by atoms with Crippen LogP contribution in [0.5, 0.6) is 0 Å². The van der Waals surface area contributed by atoms with Gasteiger partial charge < -0.3 is 20.3 Å². The van der Waals surface area contributed by atoms with Gasteiger partial charge in [-0.3, -0.25) is 4.79 Å². The molecule has 1 atom stereocenters. The van der Waals surface area contributed by atoms with Gasteiger partial charge in [-0.15, -0.1) is 0 Å². The molecule has 0 aliphatic carbocycles. The summed E-state index contributed by atoms with van der Waals surface area (Å²) < 4.78 is 6.43. The summed E-state index contributed by atoms with van der Waals surface area (Å²) >= 11 is 0. The first-order valence-corrected chi connectivity index (χ1v) is 8.95. The number of fused-ring (bicyclic) bond motifs is 2. The minimum absolute atomic E-state index is 0.00532. The monoisotopic (exact) mass is 352 g/mol. The lowest BCUT2D eigenvalue weighted by Gasteiger charge is -2.40. The van der Waals surface area contributed by atoms with E-state index in [1.54, 1.807) is 31.3 Å². The summed E-state index contributed by atoms with van der Waals surface area (Å²) in [6.45, 7) is 1.63. The summed E-state index contributed by atoms with van der Waals surface area (Å²) in [4.78, 5) is 20.9. The fourth-order valence-electron chi connectivity index (χ4n) is 4.00. The topological polar surface area (TPSA) is 71.7 Å². The lowest BCUT2D eigenvalue weighted by molar-refractivity contribution is -0.154. The van der Waals surface area contributed by atoms with Crippen LogP contribution >= 0.6 is 0 Å². The first-order valence-electron chi connectivity index (χ1n) is 8.95. The third-order valence-corrected chi connectivity index (χ3v) is 5.41. The van der Waals surface area contributed by atoms with Gasteiger partial charge in [-0.1, -0.05) is 24.3 Å².